The van der Waals surface area contributed by atoms with Crippen LogP contribution in [0.3, 0.4) is 0 Å². The molecular weight excluding hydrogens is 481 g/mol. The lowest BCUT2D eigenvalue weighted by Crippen LogP contribution is -2.25. The normalized spacial score (nSPS) is 11.6. The van der Waals surface area contributed by atoms with E-state index in [0.29, 0.717) is 12.2 Å². The fraction of sp³-hybridized carbons (Fsp3) is 0.222. The van der Waals surface area contributed by atoms with E-state index in [1.165, 1.54) is 12.1 Å². The molecule has 0 radical (unpaired) electrons. The molecule has 1 N–H and O–H groups in total. The first-order valence-electron chi connectivity index (χ1n) is 11.6. The highest BCUT2D eigenvalue weighted by Crippen LogP contribution is 2.36. The van der Waals surface area contributed by atoms with Crippen LogP contribution < -0.4 is 4.72 Å². The smallest absolute Gasteiger partial charge is 0.240 e. The number of hydrogen-bond acceptors (Lipinski definition) is 4. The molecule has 0 bridgehead atoms. The van der Waals surface area contributed by atoms with Gasteiger partial charge in [-0.1, -0.05) is 79.3 Å². The van der Waals surface area contributed by atoms with Crippen molar-refractivity contribution in [1.82, 2.24) is 14.3 Å². The lowest BCUT2D eigenvalue weighted by molar-refractivity contribution is 0.580. The van der Waals surface area contributed by atoms with Gasteiger partial charge in [0.05, 0.1) is 16.3 Å². The molecule has 0 amide bonds. The van der Waals surface area contributed by atoms with Crippen LogP contribution in [0.4, 0.5) is 4.39 Å². The van der Waals surface area contributed by atoms with Crippen LogP contribution in [0, 0.1) is 5.82 Å². The zero-order valence-electron chi connectivity index (χ0n) is 19.5. The van der Waals surface area contributed by atoms with Crippen LogP contribution in [0.5, 0.6) is 0 Å². The summed E-state index contributed by atoms with van der Waals surface area (Å²) in [5, 5.41) is 0.922. The van der Waals surface area contributed by atoms with Crippen molar-refractivity contribution in [2.24, 2.45) is 0 Å². The Morgan fingerprint density at radius 3 is 2.17 bits per heavy atom. The van der Waals surface area contributed by atoms with Gasteiger partial charge in [0, 0.05) is 30.0 Å². The molecule has 0 atom stereocenters. The summed E-state index contributed by atoms with van der Waals surface area (Å²) in [5.74, 6) is 0.238. The first-order valence-corrected chi connectivity index (χ1v) is 14.1. The lowest BCUT2D eigenvalue weighted by Gasteiger charge is -2.12. The molecule has 182 valence electrons. The summed E-state index contributed by atoms with van der Waals surface area (Å²) in [7, 11) is -3.66. The highest BCUT2D eigenvalue weighted by atomic mass is 32.2. The van der Waals surface area contributed by atoms with E-state index in [2.05, 4.69) is 40.5 Å². The van der Waals surface area contributed by atoms with Crippen molar-refractivity contribution in [3.63, 3.8) is 0 Å². The van der Waals surface area contributed by atoms with Gasteiger partial charge >= 0.3 is 0 Å². The van der Waals surface area contributed by atoms with Crippen LogP contribution in [0.1, 0.15) is 19.8 Å². The molecule has 1 aromatic heterocycles. The van der Waals surface area contributed by atoms with Crippen LogP contribution in [0.15, 0.2) is 95.0 Å². The van der Waals surface area contributed by atoms with Gasteiger partial charge in [0.1, 0.15) is 5.82 Å². The summed E-state index contributed by atoms with van der Waals surface area (Å²) < 4.78 is 42.8. The monoisotopic (exact) mass is 509 g/mol. The van der Waals surface area contributed by atoms with E-state index in [9.17, 15) is 12.8 Å². The van der Waals surface area contributed by atoms with Crippen molar-refractivity contribution in [3.8, 4) is 22.5 Å². The molecule has 3 aromatic carbocycles. The molecule has 8 heteroatoms. The summed E-state index contributed by atoms with van der Waals surface area (Å²) in [6.45, 7) is 3.28. The maximum Gasteiger partial charge on any atom is 0.240 e. The van der Waals surface area contributed by atoms with Gasteiger partial charge < -0.3 is 4.57 Å². The van der Waals surface area contributed by atoms with Crippen molar-refractivity contribution in [2.75, 3.05) is 12.3 Å². The summed E-state index contributed by atoms with van der Waals surface area (Å²) in [5.41, 5.74) is 4.23. The Labute approximate surface area is 210 Å². The van der Waals surface area contributed by atoms with Crippen LogP contribution >= 0.6 is 11.8 Å². The number of sulfonamides is 1. The lowest BCUT2D eigenvalue weighted by atomic mass is 10.0. The van der Waals surface area contributed by atoms with Gasteiger partial charge in [-0.05, 0) is 37.1 Å². The second-order valence-electron chi connectivity index (χ2n) is 8.03. The standard InChI is InChI=1S/C27H28FN3O2S2/c1-2-19-31-26(22-12-7-4-8-13-22)25(21-10-5-3-6-11-21)30-27(31)34-20-9-18-29-35(32,33)24-16-14-23(28)15-17-24/h3-8,10-17,29H,2,9,18-20H2,1H3. The highest BCUT2D eigenvalue weighted by Gasteiger charge is 2.20. The highest BCUT2D eigenvalue weighted by molar-refractivity contribution is 7.99. The number of aromatic nitrogens is 2. The molecule has 35 heavy (non-hydrogen) atoms. The minimum atomic E-state index is -3.66. The zero-order valence-corrected chi connectivity index (χ0v) is 21.2. The largest absolute Gasteiger partial charge is 0.318 e. The molecule has 0 aliphatic rings. The molecule has 4 rings (SSSR count). The molecule has 1 heterocycles. The van der Waals surface area contributed by atoms with Gasteiger partial charge in [-0.25, -0.2) is 22.5 Å². The van der Waals surface area contributed by atoms with Crippen molar-refractivity contribution >= 4 is 21.8 Å². The number of rotatable bonds is 11. The minimum absolute atomic E-state index is 0.0602. The quantitative estimate of drug-likeness (QED) is 0.192. The topological polar surface area (TPSA) is 64.0 Å². The van der Waals surface area contributed by atoms with E-state index in [1.807, 2.05) is 36.4 Å². The SMILES string of the molecule is CCCn1c(SCCCNS(=O)(=O)c2ccc(F)cc2)nc(-c2ccccc2)c1-c1ccccc1. The average molecular weight is 510 g/mol. The fourth-order valence-corrected chi connectivity index (χ4v) is 5.84. The summed E-state index contributed by atoms with van der Waals surface area (Å²) in [6.07, 6.45) is 1.60. The number of benzene rings is 3. The average Bonchev–Trinajstić information content (AvgIpc) is 3.23. The van der Waals surface area contributed by atoms with E-state index >= 15 is 0 Å². The number of halogens is 1. The zero-order chi connectivity index (χ0) is 24.7. The Kier molecular flexibility index (Phi) is 8.38. The number of thioether (sulfide) groups is 1. The molecule has 0 unspecified atom stereocenters. The third kappa shape index (κ3) is 6.20. The Morgan fingerprint density at radius 2 is 1.54 bits per heavy atom. The second kappa shape index (κ2) is 11.7. The van der Waals surface area contributed by atoms with Crippen molar-refractivity contribution in [1.29, 1.82) is 0 Å². The van der Waals surface area contributed by atoms with E-state index in [0.717, 1.165) is 52.8 Å². The predicted molar refractivity (Wildman–Crippen MR) is 140 cm³/mol. The molecule has 0 spiro atoms. The van der Waals surface area contributed by atoms with Crippen LogP contribution in [0.25, 0.3) is 22.5 Å². The maximum absolute atomic E-state index is 13.1. The number of nitrogens with one attached hydrogen (secondary N) is 1. The van der Waals surface area contributed by atoms with Crippen LogP contribution in [-0.2, 0) is 16.6 Å². The molecule has 0 fully saturated rings. The predicted octanol–water partition coefficient (Wildman–Crippen LogP) is 6.23. The Balaban J connectivity index is 1.50. The Bertz CT molecular complexity index is 1340. The Morgan fingerprint density at radius 1 is 0.914 bits per heavy atom. The Hall–Kier alpha value is -2.94. The first-order chi connectivity index (χ1) is 17.0. The van der Waals surface area contributed by atoms with E-state index in [-0.39, 0.29) is 11.4 Å². The second-order valence-corrected chi connectivity index (χ2v) is 10.9. The fourth-order valence-electron chi connectivity index (χ4n) is 3.80. The number of nitrogens with zero attached hydrogens (tertiary/aromatic N) is 2. The van der Waals surface area contributed by atoms with Gasteiger partial charge in [0.15, 0.2) is 5.16 Å². The molecule has 5 nitrogen and oxygen atoms in total. The van der Waals surface area contributed by atoms with Crippen molar-refractivity contribution < 1.29 is 12.8 Å². The first kappa shape index (κ1) is 25.2. The summed E-state index contributed by atoms with van der Waals surface area (Å²) in [6, 6.07) is 25.3. The van der Waals surface area contributed by atoms with Gasteiger partial charge in [-0.15, -0.1) is 0 Å². The van der Waals surface area contributed by atoms with Gasteiger partial charge in [0.2, 0.25) is 10.0 Å². The molecule has 0 saturated heterocycles. The molecule has 0 aliphatic carbocycles. The van der Waals surface area contributed by atoms with Gasteiger partial charge in [-0.2, -0.15) is 0 Å². The van der Waals surface area contributed by atoms with E-state index < -0.39 is 15.8 Å². The summed E-state index contributed by atoms with van der Waals surface area (Å²) >= 11 is 1.63. The van der Waals surface area contributed by atoms with E-state index in [4.69, 9.17) is 4.98 Å². The minimum Gasteiger partial charge on any atom is -0.318 e. The van der Waals surface area contributed by atoms with Gasteiger partial charge in [0.25, 0.3) is 0 Å². The maximum atomic E-state index is 13.1. The molecular formula is C27H28FN3O2S2. The van der Waals surface area contributed by atoms with Gasteiger partial charge in [-0.3, -0.25) is 0 Å². The molecule has 4 aromatic rings. The number of imidazole rings is 1. The number of hydrogen-bond donors (Lipinski definition) is 1. The molecule has 0 aliphatic heterocycles. The third-order valence-electron chi connectivity index (χ3n) is 5.44. The third-order valence-corrected chi connectivity index (χ3v) is 7.98. The van der Waals surface area contributed by atoms with Crippen molar-refractivity contribution in [2.45, 2.75) is 36.4 Å². The van der Waals surface area contributed by atoms with Crippen LogP contribution in [0.2, 0.25) is 0 Å². The van der Waals surface area contributed by atoms with E-state index in [1.54, 1.807) is 11.8 Å². The van der Waals surface area contributed by atoms with Crippen molar-refractivity contribution in [3.05, 3.63) is 90.7 Å². The molecule has 0 saturated carbocycles. The van der Waals surface area contributed by atoms with Crippen LogP contribution in [-0.4, -0.2) is 30.3 Å². The summed E-state index contributed by atoms with van der Waals surface area (Å²) in [4.78, 5) is 5.09.